The van der Waals surface area contributed by atoms with E-state index in [0.29, 0.717) is 12.8 Å². The molecule has 0 amide bonds. The predicted molar refractivity (Wildman–Crippen MR) is 44.2 cm³/mol. The van der Waals surface area contributed by atoms with E-state index in [2.05, 4.69) is 0 Å². The Bertz CT molecular complexity index is 399. The van der Waals surface area contributed by atoms with Gasteiger partial charge in [0.05, 0.1) is 5.56 Å². The summed E-state index contributed by atoms with van der Waals surface area (Å²) >= 11 is 0. The highest BCUT2D eigenvalue weighted by Gasteiger charge is 2.54. The van der Waals surface area contributed by atoms with Crippen molar-refractivity contribution >= 4 is 11.9 Å². The zero-order valence-corrected chi connectivity index (χ0v) is 7.19. The van der Waals surface area contributed by atoms with Gasteiger partial charge in [0.2, 0.25) is 0 Å². The van der Waals surface area contributed by atoms with Crippen LogP contribution in [0, 0.1) is 0 Å². The van der Waals surface area contributed by atoms with Crippen molar-refractivity contribution in [3.05, 3.63) is 23.7 Å². The summed E-state index contributed by atoms with van der Waals surface area (Å²) in [5.41, 5.74) is -0.972. The topological polar surface area (TPSA) is 87.7 Å². The van der Waals surface area contributed by atoms with Gasteiger partial charge in [-0.25, -0.2) is 4.79 Å². The third kappa shape index (κ3) is 1.09. The normalized spacial score (nSPS) is 17.7. The minimum atomic E-state index is -1.11. The van der Waals surface area contributed by atoms with Crippen LogP contribution in [0.4, 0.5) is 0 Å². The van der Waals surface area contributed by atoms with Crippen LogP contribution in [0.15, 0.2) is 16.7 Å². The molecule has 0 unspecified atom stereocenters. The van der Waals surface area contributed by atoms with E-state index in [4.69, 9.17) is 14.6 Å². The smallest absolute Gasteiger partial charge is 0.338 e. The van der Waals surface area contributed by atoms with Gasteiger partial charge in [0.15, 0.2) is 0 Å². The number of carboxylic acids is 2. The molecule has 1 fully saturated rings. The summed E-state index contributed by atoms with van der Waals surface area (Å²) in [7, 11) is 0. The molecule has 1 aliphatic carbocycles. The largest absolute Gasteiger partial charge is 0.480 e. The third-order valence-electron chi connectivity index (χ3n) is 2.48. The Morgan fingerprint density at radius 2 is 2.00 bits per heavy atom. The highest BCUT2D eigenvalue weighted by atomic mass is 16.4. The maximum atomic E-state index is 10.9. The molecular formula is C9H8O5. The minimum absolute atomic E-state index is 0.00692. The lowest BCUT2D eigenvalue weighted by Crippen LogP contribution is -2.18. The molecular weight excluding hydrogens is 188 g/mol. The Labute approximate surface area is 79.0 Å². The first-order valence-electron chi connectivity index (χ1n) is 4.12. The first-order chi connectivity index (χ1) is 6.56. The highest BCUT2D eigenvalue weighted by molar-refractivity contribution is 5.89. The maximum absolute atomic E-state index is 10.9. The molecule has 0 spiro atoms. The molecule has 0 aliphatic heterocycles. The van der Waals surface area contributed by atoms with Gasteiger partial charge in [0, 0.05) is 0 Å². The number of aromatic carboxylic acids is 1. The SMILES string of the molecule is O=C(O)c1coc(C2(C(=O)O)CC2)c1. The van der Waals surface area contributed by atoms with Crippen molar-refractivity contribution in [3.63, 3.8) is 0 Å². The molecule has 1 aromatic heterocycles. The van der Waals surface area contributed by atoms with Crippen LogP contribution in [-0.2, 0) is 10.2 Å². The second-order valence-corrected chi connectivity index (χ2v) is 3.39. The van der Waals surface area contributed by atoms with Crippen LogP contribution >= 0.6 is 0 Å². The van der Waals surface area contributed by atoms with Crippen molar-refractivity contribution in [2.75, 3.05) is 0 Å². The van der Waals surface area contributed by atoms with Crippen molar-refractivity contribution < 1.29 is 24.2 Å². The number of rotatable bonds is 3. The van der Waals surface area contributed by atoms with E-state index in [9.17, 15) is 9.59 Å². The average molecular weight is 196 g/mol. The summed E-state index contributed by atoms with van der Waals surface area (Å²) in [4.78, 5) is 21.4. The monoisotopic (exact) mass is 196 g/mol. The lowest BCUT2D eigenvalue weighted by atomic mass is 10.0. The van der Waals surface area contributed by atoms with E-state index in [1.807, 2.05) is 0 Å². The van der Waals surface area contributed by atoms with Crippen LogP contribution in [0.25, 0.3) is 0 Å². The molecule has 5 heteroatoms. The Morgan fingerprint density at radius 1 is 1.36 bits per heavy atom. The molecule has 1 aliphatic rings. The van der Waals surface area contributed by atoms with Gasteiger partial charge in [-0.3, -0.25) is 4.79 Å². The molecule has 0 radical (unpaired) electrons. The van der Waals surface area contributed by atoms with Crippen LogP contribution in [0.5, 0.6) is 0 Å². The Hall–Kier alpha value is -1.78. The summed E-state index contributed by atoms with van der Waals surface area (Å²) in [6, 6.07) is 1.28. The molecule has 0 atom stereocenters. The third-order valence-corrected chi connectivity index (χ3v) is 2.48. The van der Waals surface area contributed by atoms with Crippen LogP contribution in [0.2, 0.25) is 0 Å². The summed E-state index contributed by atoms with van der Waals surface area (Å²) < 4.78 is 4.95. The number of carbonyl (C=O) groups is 2. The van der Waals surface area contributed by atoms with E-state index in [0.717, 1.165) is 6.26 Å². The van der Waals surface area contributed by atoms with Gasteiger partial charge in [0.25, 0.3) is 0 Å². The molecule has 1 aromatic rings. The summed E-state index contributed by atoms with van der Waals surface area (Å²) in [6.45, 7) is 0. The molecule has 0 saturated heterocycles. The minimum Gasteiger partial charge on any atom is -0.480 e. The summed E-state index contributed by atoms with van der Waals surface area (Å²) in [6.07, 6.45) is 2.09. The lowest BCUT2D eigenvalue weighted by Gasteiger charge is -2.03. The fraction of sp³-hybridized carbons (Fsp3) is 0.333. The Morgan fingerprint density at radius 3 is 2.36 bits per heavy atom. The van der Waals surface area contributed by atoms with E-state index >= 15 is 0 Å². The van der Waals surface area contributed by atoms with Crippen LogP contribution in [0.1, 0.15) is 29.0 Å². The molecule has 0 bridgehead atoms. The van der Waals surface area contributed by atoms with Gasteiger partial charge < -0.3 is 14.6 Å². The highest BCUT2D eigenvalue weighted by Crippen LogP contribution is 2.48. The standard InChI is InChI=1S/C9H8O5/c10-7(11)5-3-6(14-4-5)9(1-2-9)8(12)13/h3-4H,1-2H2,(H,10,11)(H,12,13). The number of furan rings is 1. The zero-order valence-electron chi connectivity index (χ0n) is 7.19. The maximum Gasteiger partial charge on any atom is 0.338 e. The van der Waals surface area contributed by atoms with Gasteiger partial charge in [-0.2, -0.15) is 0 Å². The Kier molecular flexibility index (Phi) is 1.64. The summed E-state index contributed by atoms with van der Waals surface area (Å²) in [5, 5.41) is 17.5. The fourth-order valence-corrected chi connectivity index (χ4v) is 1.39. The quantitative estimate of drug-likeness (QED) is 0.755. The summed E-state index contributed by atoms with van der Waals surface area (Å²) in [5.74, 6) is -1.83. The van der Waals surface area contributed by atoms with Gasteiger partial charge in [-0.15, -0.1) is 0 Å². The number of aliphatic carboxylic acids is 1. The van der Waals surface area contributed by atoms with Gasteiger partial charge in [-0.1, -0.05) is 0 Å². The van der Waals surface area contributed by atoms with Crippen LogP contribution < -0.4 is 0 Å². The number of carboxylic acid groups (broad SMARTS) is 2. The second kappa shape index (κ2) is 2.60. The molecule has 74 valence electrons. The molecule has 14 heavy (non-hydrogen) atoms. The van der Waals surface area contributed by atoms with Gasteiger partial charge in [-0.05, 0) is 18.9 Å². The molecule has 1 heterocycles. The predicted octanol–water partition coefficient (Wildman–Crippen LogP) is 1.09. The van der Waals surface area contributed by atoms with E-state index < -0.39 is 17.4 Å². The fourth-order valence-electron chi connectivity index (χ4n) is 1.39. The number of hydrogen-bond donors (Lipinski definition) is 2. The molecule has 5 nitrogen and oxygen atoms in total. The van der Waals surface area contributed by atoms with E-state index in [1.165, 1.54) is 6.07 Å². The molecule has 2 N–H and O–H groups in total. The molecule has 2 rings (SSSR count). The van der Waals surface area contributed by atoms with Crippen molar-refractivity contribution in [2.24, 2.45) is 0 Å². The first-order valence-corrected chi connectivity index (χ1v) is 4.12. The van der Waals surface area contributed by atoms with Gasteiger partial charge >= 0.3 is 11.9 Å². The van der Waals surface area contributed by atoms with Crippen molar-refractivity contribution in [3.8, 4) is 0 Å². The Balaban J connectivity index is 2.34. The van der Waals surface area contributed by atoms with E-state index in [-0.39, 0.29) is 11.3 Å². The van der Waals surface area contributed by atoms with Crippen molar-refractivity contribution in [2.45, 2.75) is 18.3 Å². The molecule has 0 aromatic carbocycles. The van der Waals surface area contributed by atoms with Gasteiger partial charge in [0.1, 0.15) is 17.4 Å². The second-order valence-electron chi connectivity index (χ2n) is 3.39. The lowest BCUT2D eigenvalue weighted by molar-refractivity contribution is -0.140. The number of hydrogen-bond acceptors (Lipinski definition) is 3. The zero-order chi connectivity index (χ0) is 10.3. The average Bonchev–Trinajstić information content (AvgIpc) is 2.77. The van der Waals surface area contributed by atoms with Crippen molar-refractivity contribution in [1.29, 1.82) is 0 Å². The van der Waals surface area contributed by atoms with Crippen LogP contribution in [-0.4, -0.2) is 22.2 Å². The van der Waals surface area contributed by atoms with Crippen molar-refractivity contribution in [1.82, 2.24) is 0 Å². The van der Waals surface area contributed by atoms with E-state index in [1.54, 1.807) is 0 Å². The molecule has 1 saturated carbocycles. The first kappa shape index (κ1) is 8.80. The van der Waals surface area contributed by atoms with Crippen LogP contribution in [0.3, 0.4) is 0 Å².